The first-order valence-electron chi connectivity index (χ1n) is 11.1. The van der Waals surface area contributed by atoms with Crippen LogP contribution in [-0.2, 0) is 6.54 Å². The first-order valence-corrected chi connectivity index (χ1v) is 11.8. The van der Waals surface area contributed by atoms with Crippen molar-refractivity contribution in [2.24, 2.45) is 0 Å². The summed E-state index contributed by atoms with van der Waals surface area (Å²) in [5, 5.41) is 61.0. The number of hydrogen-bond donors (Lipinski definition) is 7. The van der Waals surface area contributed by atoms with Crippen LogP contribution >= 0.6 is 35.6 Å². The van der Waals surface area contributed by atoms with Gasteiger partial charge in [0.1, 0.15) is 18.3 Å². The Balaban J connectivity index is 0.00000481. The van der Waals surface area contributed by atoms with E-state index in [1.165, 1.54) is 18.2 Å². The van der Waals surface area contributed by atoms with Crippen molar-refractivity contribution in [3.05, 3.63) is 68.2 Å². The molecule has 1 heterocycles. The smallest absolute Gasteiger partial charge is 0.335 e. The van der Waals surface area contributed by atoms with Gasteiger partial charge in [0.05, 0.1) is 18.3 Å². The van der Waals surface area contributed by atoms with Crippen molar-refractivity contribution in [2.45, 2.75) is 36.9 Å². The Morgan fingerprint density at radius 1 is 1.03 bits per heavy atom. The van der Waals surface area contributed by atoms with Crippen LogP contribution in [0.25, 0.3) is 0 Å². The van der Waals surface area contributed by atoms with E-state index in [1.807, 2.05) is 11.9 Å². The topological polar surface area (TPSA) is 171 Å². The fourth-order valence-corrected chi connectivity index (χ4v) is 4.79. The average molecular weight is 580 g/mol. The second kappa shape index (κ2) is 13.2. The van der Waals surface area contributed by atoms with Crippen LogP contribution in [0.1, 0.15) is 43.3 Å². The highest BCUT2D eigenvalue weighted by atomic mass is 35.5. The number of halogens is 3. The summed E-state index contributed by atoms with van der Waals surface area (Å²) in [4.78, 5) is 26.7. The van der Waals surface area contributed by atoms with E-state index < -0.39 is 49.4 Å². The van der Waals surface area contributed by atoms with Crippen LogP contribution < -0.4 is 5.32 Å². The highest BCUT2D eigenvalue weighted by Crippen LogP contribution is 2.39. The molecule has 10 nitrogen and oxygen atoms in total. The molecular weight excluding hydrogens is 551 g/mol. The van der Waals surface area contributed by atoms with E-state index in [1.54, 1.807) is 12.1 Å². The molecule has 1 aliphatic rings. The van der Waals surface area contributed by atoms with Gasteiger partial charge in [-0.15, -0.1) is 12.4 Å². The van der Waals surface area contributed by atoms with Crippen molar-refractivity contribution in [3.8, 4) is 0 Å². The minimum Gasteiger partial charge on any atom is -0.478 e. The molecular formula is C24H29Cl3N2O8. The first-order chi connectivity index (χ1) is 16.9. The lowest BCUT2D eigenvalue weighted by Crippen LogP contribution is -2.49. The van der Waals surface area contributed by atoms with Crippen molar-refractivity contribution in [1.82, 2.24) is 10.2 Å². The number of amides is 1. The van der Waals surface area contributed by atoms with Gasteiger partial charge in [0.15, 0.2) is 0 Å². The van der Waals surface area contributed by atoms with E-state index in [4.69, 9.17) is 28.3 Å². The number of aliphatic hydroxyl groups is 5. The van der Waals surface area contributed by atoms with Gasteiger partial charge in [0, 0.05) is 41.2 Å². The molecule has 0 bridgehead atoms. The van der Waals surface area contributed by atoms with Gasteiger partial charge in [-0.25, -0.2) is 4.79 Å². The molecule has 5 atom stereocenters. The molecule has 0 saturated heterocycles. The number of benzene rings is 2. The molecule has 2 aromatic carbocycles. The molecule has 0 aliphatic carbocycles. The summed E-state index contributed by atoms with van der Waals surface area (Å²) >= 11 is 12.6. The number of aromatic carboxylic acids is 1. The van der Waals surface area contributed by atoms with E-state index >= 15 is 0 Å². The van der Waals surface area contributed by atoms with Crippen molar-refractivity contribution < 1.29 is 40.2 Å². The average Bonchev–Trinajstić information content (AvgIpc) is 2.85. The summed E-state index contributed by atoms with van der Waals surface area (Å²) in [5.74, 6) is -2.30. The van der Waals surface area contributed by atoms with Crippen LogP contribution in [0.3, 0.4) is 0 Å². The van der Waals surface area contributed by atoms with Gasteiger partial charge < -0.3 is 40.9 Å². The van der Waals surface area contributed by atoms with Gasteiger partial charge in [0.2, 0.25) is 0 Å². The lowest BCUT2D eigenvalue weighted by molar-refractivity contribution is -0.113. The third-order valence-electron chi connectivity index (χ3n) is 6.16. The molecule has 204 valence electrons. The molecule has 7 N–H and O–H groups in total. The molecule has 0 fully saturated rings. The molecule has 13 heteroatoms. The number of aliphatic hydroxyl groups excluding tert-OH is 5. The molecule has 0 radical (unpaired) electrons. The van der Waals surface area contributed by atoms with E-state index in [0.717, 1.165) is 11.1 Å². The van der Waals surface area contributed by atoms with Crippen LogP contribution in [-0.4, -0.2) is 98.6 Å². The molecule has 0 aromatic heterocycles. The monoisotopic (exact) mass is 578 g/mol. The zero-order valence-electron chi connectivity index (χ0n) is 19.7. The maximum Gasteiger partial charge on any atom is 0.335 e. The molecule has 0 spiro atoms. The Bertz CT molecular complexity index is 1140. The number of fused-ring (bicyclic) bond motifs is 1. The summed E-state index contributed by atoms with van der Waals surface area (Å²) in [7, 11) is 1.89. The lowest BCUT2D eigenvalue weighted by atomic mass is 9.83. The number of carboxylic acid groups (broad SMARTS) is 1. The Hall–Kier alpha value is -1.99. The van der Waals surface area contributed by atoms with Crippen LogP contribution in [0.15, 0.2) is 30.3 Å². The molecule has 2 aromatic rings. The van der Waals surface area contributed by atoms with Crippen molar-refractivity contribution >= 4 is 47.5 Å². The van der Waals surface area contributed by atoms with Gasteiger partial charge in [0.25, 0.3) is 5.91 Å². The summed E-state index contributed by atoms with van der Waals surface area (Å²) < 4.78 is 0. The van der Waals surface area contributed by atoms with E-state index in [2.05, 4.69) is 5.32 Å². The Morgan fingerprint density at radius 3 is 2.27 bits per heavy atom. The standard InChI is InChI=1S/C24H28Cl2N2O8.ClH/c1-28-8-16(15-5-14(25)6-18(26)17(15)9-28)11-2-12(4-13(3-11)24(35)36)23(34)27-7-19(30)21(32)22(33)20(31)10-29;/h2-6,16,19-22,29-33H,7-10H2,1H3,(H,27,34)(H,35,36);1H/t16?,19-,20+,21+,22+;/m0./s1. The predicted molar refractivity (Wildman–Crippen MR) is 139 cm³/mol. The van der Waals surface area contributed by atoms with Crippen molar-refractivity contribution in [3.63, 3.8) is 0 Å². The quantitative estimate of drug-likeness (QED) is 0.228. The SMILES string of the molecule is CN1Cc2c(Cl)cc(Cl)cc2C(c2cc(C(=O)O)cc(C(=O)NC[C@H](O)[C@@H](O)[C@H](O)[C@H](O)CO)c2)C1.Cl. The normalized spacial score (nSPS) is 18.6. The summed E-state index contributed by atoms with van der Waals surface area (Å²) in [5.41, 5.74) is 2.11. The lowest BCUT2D eigenvalue weighted by Gasteiger charge is -2.33. The van der Waals surface area contributed by atoms with Crippen LogP contribution in [0.5, 0.6) is 0 Å². The number of hydrogen-bond acceptors (Lipinski definition) is 8. The summed E-state index contributed by atoms with van der Waals surface area (Å²) in [6, 6.07) is 7.62. The number of rotatable bonds is 9. The van der Waals surface area contributed by atoms with Crippen LogP contribution in [0.4, 0.5) is 0 Å². The number of likely N-dealkylation sites (N-methyl/N-ethyl adjacent to an activating group) is 1. The van der Waals surface area contributed by atoms with Crippen LogP contribution in [0, 0.1) is 0 Å². The summed E-state index contributed by atoms with van der Waals surface area (Å²) in [6.45, 7) is -0.255. The minimum absolute atomic E-state index is 0. The maximum atomic E-state index is 12.9. The van der Waals surface area contributed by atoms with Crippen molar-refractivity contribution in [2.75, 3.05) is 26.7 Å². The van der Waals surface area contributed by atoms with E-state index in [9.17, 15) is 35.1 Å². The molecule has 1 amide bonds. The third-order valence-corrected chi connectivity index (χ3v) is 6.71. The number of carboxylic acids is 1. The fourth-order valence-electron chi connectivity index (χ4n) is 4.22. The number of nitrogens with zero attached hydrogens (tertiary/aromatic N) is 1. The largest absolute Gasteiger partial charge is 0.478 e. The zero-order chi connectivity index (χ0) is 26.7. The van der Waals surface area contributed by atoms with Gasteiger partial charge in [-0.1, -0.05) is 23.2 Å². The maximum absolute atomic E-state index is 12.9. The third kappa shape index (κ3) is 7.32. The predicted octanol–water partition coefficient (Wildman–Crippen LogP) is 0.856. The van der Waals surface area contributed by atoms with E-state index in [-0.39, 0.29) is 29.5 Å². The Kier molecular flexibility index (Phi) is 11.1. The molecule has 37 heavy (non-hydrogen) atoms. The first kappa shape index (κ1) is 31.2. The highest BCUT2D eigenvalue weighted by Gasteiger charge is 2.31. The number of nitrogens with one attached hydrogen (secondary N) is 1. The number of carbonyl (C=O) groups excluding carboxylic acids is 1. The van der Waals surface area contributed by atoms with Gasteiger partial charge >= 0.3 is 5.97 Å². The minimum atomic E-state index is -1.85. The summed E-state index contributed by atoms with van der Waals surface area (Å²) in [6.07, 6.45) is -7.04. The fraction of sp³-hybridized carbons (Fsp3) is 0.417. The van der Waals surface area contributed by atoms with Crippen LogP contribution in [0.2, 0.25) is 10.0 Å². The molecule has 3 rings (SSSR count). The molecule has 1 unspecified atom stereocenters. The number of carbonyl (C=O) groups is 2. The van der Waals surface area contributed by atoms with Gasteiger partial charge in [-0.2, -0.15) is 0 Å². The second-order valence-corrected chi connectivity index (χ2v) is 9.71. The molecule has 1 aliphatic heterocycles. The van der Waals surface area contributed by atoms with Crippen molar-refractivity contribution in [1.29, 1.82) is 0 Å². The van der Waals surface area contributed by atoms with Gasteiger partial charge in [-0.3, -0.25) is 4.79 Å². The zero-order valence-corrected chi connectivity index (χ0v) is 22.0. The van der Waals surface area contributed by atoms with Gasteiger partial charge in [-0.05, 0) is 54.1 Å². The van der Waals surface area contributed by atoms with E-state index in [0.29, 0.717) is 28.7 Å². The highest BCUT2D eigenvalue weighted by molar-refractivity contribution is 6.35. The molecule has 0 saturated carbocycles. The second-order valence-electron chi connectivity index (χ2n) is 8.86. The Labute approximate surface area is 229 Å². The Morgan fingerprint density at radius 2 is 1.65 bits per heavy atom.